The lowest BCUT2D eigenvalue weighted by atomic mass is 9.81. The first-order valence-electron chi connectivity index (χ1n) is 5.81. The minimum atomic E-state index is -1.53. The zero-order valence-electron chi connectivity index (χ0n) is 11.1. The number of carbonyl (C=O) groups excluding carboxylic acids is 2. The Bertz CT molecular complexity index is 384. The maximum Gasteiger partial charge on any atom is 0.410 e. The lowest BCUT2D eigenvalue weighted by Gasteiger charge is -2.36. The summed E-state index contributed by atoms with van der Waals surface area (Å²) >= 11 is 0. The molecule has 18 heavy (non-hydrogen) atoms. The van der Waals surface area contributed by atoms with E-state index in [1.807, 2.05) is 0 Å². The van der Waals surface area contributed by atoms with Gasteiger partial charge in [0, 0.05) is 19.5 Å². The molecule has 0 aromatic rings. The average Bonchev–Trinajstić information content (AvgIpc) is 2.19. The third kappa shape index (κ3) is 3.00. The third-order valence-corrected chi connectivity index (χ3v) is 2.86. The van der Waals surface area contributed by atoms with Gasteiger partial charge in [0.2, 0.25) is 0 Å². The van der Waals surface area contributed by atoms with Gasteiger partial charge in [0.1, 0.15) is 11.0 Å². The zero-order chi connectivity index (χ0) is 14.1. The van der Waals surface area contributed by atoms with Gasteiger partial charge in [-0.1, -0.05) is 0 Å². The normalized spacial score (nSPS) is 24.9. The first kappa shape index (κ1) is 14.5. The summed E-state index contributed by atoms with van der Waals surface area (Å²) in [5.41, 5.74) is -2.17. The number of likely N-dealkylation sites (tertiary alicyclic amines) is 1. The highest BCUT2D eigenvalue weighted by molar-refractivity contribution is 6.04. The molecule has 1 N–H and O–H groups in total. The fourth-order valence-electron chi connectivity index (χ4n) is 1.73. The summed E-state index contributed by atoms with van der Waals surface area (Å²) in [5, 5.41) is 9.10. The number of aliphatic carboxylic acids is 1. The quantitative estimate of drug-likeness (QED) is 0.715. The molecule has 0 unspecified atom stereocenters. The van der Waals surface area contributed by atoms with Gasteiger partial charge in [0.15, 0.2) is 5.78 Å². The Morgan fingerprint density at radius 1 is 1.39 bits per heavy atom. The smallest absolute Gasteiger partial charge is 0.410 e. The molecule has 1 aliphatic rings. The summed E-state index contributed by atoms with van der Waals surface area (Å²) in [6.45, 7) is 6.60. The van der Waals surface area contributed by atoms with Crippen LogP contribution in [0.1, 0.15) is 34.1 Å². The number of hydrogen-bond acceptors (Lipinski definition) is 4. The highest BCUT2D eigenvalue weighted by atomic mass is 16.6. The predicted molar refractivity (Wildman–Crippen MR) is 63.2 cm³/mol. The summed E-state index contributed by atoms with van der Waals surface area (Å²) in [6.07, 6.45) is -0.537. The monoisotopic (exact) mass is 257 g/mol. The summed E-state index contributed by atoms with van der Waals surface area (Å²) in [7, 11) is 0. The Labute approximate surface area is 106 Å². The summed E-state index contributed by atoms with van der Waals surface area (Å²) in [5.74, 6) is -1.56. The van der Waals surface area contributed by atoms with Crippen LogP contribution in [0.5, 0.6) is 0 Å². The SMILES string of the molecule is CC(C)(C)OC(=O)N1CCC(=O)[C@@](C)(C(=O)O)C1. The van der Waals surface area contributed by atoms with E-state index in [4.69, 9.17) is 9.84 Å². The van der Waals surface area contributed by atoms with Crippen LogP contribution in [0.2, 0.25) is 0 Å². The van der Waals surface area contributed by atoms with Crippen molar-refractivity contribution >= 4 is 17.8 Å². The van der Waals surface area contributed by atoms with Crippen LogP contribution in [0.4, 0.5) is 4.79 Å². The molecule has 0 aliphatic carbocycles. The van der Waals surface area contributed by atoms with Crippen LogP contribution in [0.25, 0.3) is 0 Å². The molecule has 1 fully saturated rings. The van der Waals surface area contributed by atoms with Crippen molar-refractivity contribution in [3.63, 3.8) is 0 Å². The molecule has 1 heterocycles. The van der Waals surface area contributed by atoms with Gasteiger partial charge in [-0.25, -0.2) is 4.79 Å². The third-order valence-electron chi connectivity index (χ3n) is 2.86. The maximum atomic E-state index is 11.8. The summed E-state index contributed by atoms with van der Waals surface area (Å²) in [6, 6.07) is 0. The van der Waals surface area contributed by atoms with E-state index in [9.17, 15) is 14.4 Å². The van der Waals surface area contributed by atoms with Crippen molar-refractivity contribution in [1.29, 1.82) is 0 Å². The lowest BCUT2D eigenvalue weighted by molar-refractivity contribution is -0.157. The number of carbonyl (C=O) groups is 3. The lowest BCUT2D eigenvalue weighted by Crippen LogP contribution is -2.54. The number of amides is 1. The minimum absolute atomic E-state index is 0.0437. The number of ether oxygens (including phenoxy) is 1. The molecule has 1 atom stereocenters. The number of rotatable bonds is 1. The van der Waals surface area contributed by atoms with E-state index in [-0.39, 0.29) is 25.3 Å². The van der Waals surface area contributed by atoms with Gasteiger partial charge < -0.3 is 14.7 Å². The molecule has 0 saturated carbocycles. The highest BCUT2D eigenvalue weighted by Gasteiger charge is 2.47. The number of nitrogens with zero attached hydrogens (tertiary/aromatic N) is 1. The molecular formula is C12H19NO5. The Morgan fingerprint density at radius 2 is 1.94 bits per heavy atom. The number of piperidine rings is 1. The average molecular weight is 257 g/mol. The van der Waals surface area contributed by atoms with Gasteiger partial charge >= 0.3 is 12.1 Å². The van der Waals surface area contributed by atoms with E-state index in [0.29, 0.717) is 0 Å². The molecule has 102 valence electrons. The van der Waals surface area contributed by atoms with Crippen LogP contribution in [0.15, 0.2) is 0 Å². The van der Waals surface area contributed by atoms with Crippen molar-refractivity contribution < 1.29 is 24.2 Å². The molecule has 1 aliphatic heterocycles. The second kappa shape index (κ2) is 4.59. The molecule has 1 rings (SSSR count). The van der Waals surface area contributed by atoms with Crippen molar-refractivity contribution in [3.8, 4) is 0 Å². The van der Waals surface area contributed by atoms with Crippen molar-refractivity contribution in [2.75, 3.05) is 13.1 Å². The van der Waals surface area contributed by atoms with E-state index >= 15 is 0 Å². The zero-order valence-corrected chi connectivity index (χ0v) is 11.1. The first-order valence-corrected chi connectivity index (χ1v) is 5.81. The van der Waals surface area contributed by atoms with Crippen molar-refractivity contribution in [3.05, 3.63) is 0 Å². The fraction of sp³-hybridized carbons (Fsp3) is 0.750. The Kier molecular flexibility index (Phi) is 3.69. The van der Waals surface area contributed by atoms with E-state index in [1.54, 1.807) is 20.8 Å². The Morgan fingerprint density at radius 3 is 2.39 bits per heavy atom. The Hall–Kier alpha value is -1.59. The number of hydrogen-bond donors (Lipinski definition) is 1. The van der Waals surface area contributed by atoms with Crippen LogP contribution in [-0.2, 0) is 14.3 Å². The molecule has 0 aromatic carbocycles. The van der Waals surface area contributed by atoms with Crippen LogP contribution in [0, 0.1) is 5.41 Å². The molecule has 0 aromatic heterocycles. The number of Topliss-reactive ketones (excluding diaryl/α,β-unsaturated/α-hetero) is 1. The molecular weight excluding hydrogens is 238 g/mol. The molecule has 0 radical (unpaired) electrons. The van der Waals surface area contributed by atoms with Gasteiger partial charge in [0.25, 0.3) is 0 Å². The molecule has 6 nitrogen and oxygen atoms in total. The molecule has 0 spiro atoms. The molecule has 1 amide bonds. The fourth-order valence-corrected chi connectivity index (χ4v) is 1.73. The number of carboxylic acid groups (broad SMARTS) is 1. The van der Waals surface area contributed by atoms with Crippen molar-refractivity contribution in [1.82, 2.24) is 4.90 Å². The number of ketones is 1. The van der Waals surface area contributed by atoms with Crippen LogP contribution in [-0.4, -0.2) is 46.5 Å². The molecule has 0 bridgehead atoms. The molecule has 1 saturated heterocycles. The van der Waals surface area contributed by atoms with E-state index in [1.165, 1.54) is 11.8 Å². The second-order valence-electron chi connectivity index (χ2n) is 5.71. The van der Waals surface area contributed by atoms with E-state index < -0.39 is 23.1 Å². The summed E-state index contributed by atoms with van der Waals surface area (Å²) in [4.78, 5) is 35.9. The van der Waals surface area contributed by atoms with Crippen LogP contribution < -0.4 is 0 Å². The molecule has 6 heteroatoms. The number of carboxylic acids is 1. The summed E-state index contributed by atoms with van der Waals surface area (Å²) < 4.78 is 5.17. The largest absolute Gasteiger partial charge is 0.480 e. The van der Waals surface area contributed by atoms with E-state index in [0.717, 1.165) is 0 Å². The highest BCUT2D eigenvalue weighted by Crippen LogP contribution is 2.27. The van der Waals surface area contributed by atoms with Gasteiger partial charge in [-0.3, -0.25) is 9.59 Å². The van der Waals surface area contributed by atoms with Crippen LogP contribution >= 0.6 is 0 Å². The maximum absolute atomic E-state index is 11.8. The van der Waals surface area contributed by atoms with E-state index in [2.05, 4.69) is 0 Å². The van der Waals surface area contributed by atoms with Gasteiger partial charge in [-0.05, 0) is 27.7 Å². The Balaban J connectivity index is 2.80. The van der Waals surface area contributed by atoms with Gasteiger partial charge in [-0.15, -0.1) is 0 Å². The second-order valence-corrected chi connectivity index (χ2v) is 5.71. The first-order chi connectivity index (χ1) is 8.06. The van der Waals surface area contributed by atoms with Crippen molar-refractivity contribution in [2.45, 2.75) is 39.7 Å². The van der Waals surface area contributed by atoms with Crippen molar-refractivity contribution in [2.24, 2.45) is 5.41 Å². The van der Waals surface area contributed by atoms with Gasteiger partial charge in [-0.2, -0.15) is 0 Å². The van der Waals surface area contributed by atoms with Crippen LogP contribution in [0.3, 0.4) is 0 Å². The predicted octanol–water partition coefficient (Wildman–Crippen LogP) is 1.29. The minimum Gasteiger partial charge on any atom is -0.480 e. The van der Waals surface area contributed by atoms with Gasteiger partial charge in [0.05, 0.1) is 0 Å². The standard InChI is InChI=1S/C12H19NO5/c1-11(2,3)18-10(17)13-6-5-8(14)12(4,7-13)9(15)16/h5-7H2,1-4H3,(H,15,16)/t12-/m0/s1. The topological polar surface area (TPSA) is 83.9 Å².